The molecule has 2 atom stereocenters. The zero-order valence-corrected chi connectivity index (χ0v) is 12.6. The smallest absolute Gasteiger partial charge is 0.126 e. The Morgan fingerprint density at radius 3 is 2.50 bits per heavy atom. The molecule has 0 heterocycles. The fraction of sp³-hybridized carbons (Fsp3) is 0.571. The van der Waals surface area contributed by atoms with Gasteiger partial charge in [0.25, 0.3) is 0 Å². The summed E-state index contributed by atoms with van der Waals surface area (Å²) in [6, 6.07) is 3.68. The summed E-state index contributed by atoms with van der Waals surface area (Å²) in [6.45, 7) is 5.84. The number of aryl methyl sites for hydroxylation is 1. The largest absolute Gasteiger partial charge is 0.371 e. The highest BCUT2D eigenvalue weighted by Crippen LogP contribution is 2.29. The number of hydrogen-bond acceptors (Lipinski definition) is 3. The quantitative estimate of drug-likeness (QED) is 0.890. The van der Waals surface area contributed by atoms with Gasteiger partial charge in [-0.2, -0.15) is 11.8 Å². The minimum Gasteiger partial charge on any atom is -0.371 e. The second-order valence-corrected chi connectivity index (χ2v) is 5.77. The summed E-state index contributed by atoms with van der Waals surface area (Å²) in [4.78, 5) is 2.18. The van der Waals surface area contributed by atoms with Crippen LogP contribution in [0.3, 0.4) is 0 Å². The second kappa shape index (κ2) is 6.43. The van der Waals surface area contributed by atoms with Crippen LogP contribution in [0.15, 0.2) is 12.1 Å². The normalized spacial score (nSPS) is 14.4. The molecule has 0 amide bonds. The predicted octanol–water partition coefficient (Wildman–Crippen LogP) is 3.34. The summed E-state index contributed by atoms with van der Waals surface area (Å²) in [5.74, 6) is 0.850. The molecule has 2 unspecified atom stereocenters. The van der Waals surface area contributed by atoms with Crippen molar-refractivity contribution in [3.8, 4) is 0 Å². The van der Waals surface area contributed by atoms with Gasteiger partial charge in [0.05, 0.1) is 0 Å². The van der Waals surface area contributed by atoms with E-state index in [1.807, 2.05) is 31.8 Å². The fourth-order valence-electron chi connectivity index (χ4n) is 1.94. The molecule has 1 aromatic carbocycles. The monoisotopic (exact) mass is 270 g/mol. The van der Waals surface area contributed by atoms with Crippen molar-refractivity contribution in [2.45, 2.75) is 32.9 Å². The molecule has 0 radical (unpaired) electrons. The third kappa shape index (κ3) is 3.39. The highest BCUT2D eigenvalue weighted by molar-refractivity contribution is 7.98. The molecule has 0 aliphatic carbocycles. The topological polar surface area (TPSA) is 29.3 Å². The van der Waals surface area contributed by atoms with Crippen LogP contribution in [0.5, 0.6) is 0 Å². The molecule has 0 aliphatic rings. The first-order chi connectivity index (χ1) is 8.38. The van der Waals surface area contributed by atoms with E-state index in [2.05, 4.69) is 18.1 Å². The maximum atomic E-state index is 13.7. The Balaban J connectivity index is 3.17. The summed E-state index contributed by atoms with van der Waals surface area (Å²) in [5.41, 5.74) is 8.51. The van der Waals surface area contributed by atoms with Gasteiger partial charge in [0.2, 0.25) is 0 Å². The first-order valence-electron chi connectivity index (χ1n) is 6.15. The lowest BCUT2D eigenvalue weighted by atomic mass is 10.0. The van der Waals surface area contributed by atoms with E-state index in [1.54, 1.807) is 13.0 Å². The molecule has 102 valence electrons. The van der Waals surface area contributed by atoms with Crippen LogP contribution in [0.2, 0.25) is 0 Å². The molecule has 0 aliphatic heterocycles. The summed E-state index contributed by atoms with van der Waals surface area (Å²) in [6.07, 6.45) is 2.09. The average molecular weight is 270 g/mol. The van der Waals surface area contributed by atoms with E-state index in [1.165, 1.54) is 0 Å². The fourth-order valence-corrected chi connectivity index (χ4v) is 2.65. The Morgan fingerprint density at radius 2 is 2.00 bits per heavy atom. The molecule has 0 saturated heterocycles. The molecular formula is C14H23FN2S. The molecule has 1 aromatic rings. The summed E-state index contributed by atoms with van der Waals surface area (Å²) in [5, 5.41) is 0. The van der Waals surface area contributed by atoms with Crippen LogP contribution in [-0.2, 0) is 0 Å². The van der Waals surface area contributed by atoms with Crippen LogP contribution >= 0.6 is 11.8 Å². The van der Waals surface area contributed by atoms with Crippen LogP contribution in [0.1, 0.15) is 31.0 Å². The summed E-state index contributed by atoms with van der Waals surface area (Å²) < 4.78 is 13.7. The van der Waals surface area contributed by atoms with E-state index < -0.39 is 0 Å². The van der Waals surface area contributed by atoms with Gasteiger partial charge in [-0.3, -0.25) is 0 Å². The van der Waals surface area contributed by atoms with Crippen molar-refractivity contribution in [2.75, 3.05) is 24.0 Å². The zero-order chi connectivity index (χ0) is 13.9. The summed E-state index contributed by atoms with van der Waals surface area (Å²) in [7, 11) is 2.04. The van der Waals surface area contributed by atoms with Gasteiger partial charge in [0.1, 0.15) is 5.82 Å². The van der Waals surface area contributed by atoms with Crippen LogP contribution in [0.4, 0.5) is 10.1 Å². The Kier molecular flexibility index (Phi) is 5.47. The second-order valence-electron chi connectivity index (χ2n) is 4.86. The van der Waals surface area contributed by atoms with Gasteiger partial charge in [0.15, 0.2) is 0 Å². The van der Waals surface area contributed by atoms with E-state index in [9.17, 15) is 4.39 Å². The molecule has 2 nitrogen and oxygen atoms in total. The predicted molar refractivity (Wildman–Crippen MR) is 80.0 cm³/mol. The standard InChI is InChI=1S/C14H23FN2S/c1-9-6-14(17(4)10(2)8-18-5)12(11(3)16)7-13(9)15/h6-7,10-11H,8,16H2,1-5H3. The Morgan fingerprint density at radius 1 is 1.39 bits per heavy atom. The average Bonchev–Trinajstić information content (AvgIpc) is 2.31. The number of rotatable bonds is 5. The molecule has 0 saturated carbocycles. The number of hydrogen-bond donors (Lipinski definition) is 1. The van der Waals surface area contributed by atoms with Crippen molar-refractivity contribution in [1.29, 1.82) is 0 Å². The molecule has 2 N–H and O–H groups in total. The molecule has 0 aromatic heterocycles. The minimum atomic E-state index is -0.183. The van der Waals surface area contributed by atoms with Crippen molar-refractivity contribution in [3.63, 3.8) is 0 Å². The Labute approximate surface area is 114 Å². The van der Waals surface area contributed by atoms with Crippen molar-refractivity contribution in [1.82, 2.24) is 0 Å². The third-order valence-corrected chi connectivity index (χ3v) is 4.06. The number of thioether (sulfide) groups is 1. The number of nitrogens with zero attached hydrogens (tertiary/aromatic N) is 1. The zero-order valence-electron chi connectivity index (χ0n) is 11.8. The molecule has 18 heavy (non-hydrogen) atoms. The van der Waals surface area contributed by atoms with Crippen LogP contribution in [0, 0.1) is 12.7 Å². The van der Waals surface area contributed by atoms with E-state index in [-0.39, 0.29) is 11.9 Å². The Hall–Kier alpha value is -0.740. The van der Waals surface area contributed by atoms with Gasteiger partial charge in [-0.25, -0.2) is 4.39 Å². The van der Waals surface area contributed by atoms with Gasteiger partial charge in [-0.1, -0.05) is 0 Å². The molecule has 0 fully saturated rings. The van der Waals surface area contributed by atoms with Gasteiger partial charge >= 0.3 is 0 Å². The lowest BCUT2D eigenvalue weighted by Gasteiger charge is -2.30. The number of nitrogens with two attached hydrogens (primary N) is 1. The lowest BCUT2D eigenvalue weighted by molar-refractivity contribution is 0.611. The lowest BCUT2D eigenvalue weighted by Crippen LogP contribution is -2.32. The van der Waals surface area contributed by atoms with E-state index in [0.29, 0.717) is 11.6 Å². The highest BCUT2D eigenvalue weighted by atomic mass is 32.2. The maximum absolute atomic E-state index is 13.7. The van der Waals surface area contributed by atoms with Gasteiger partial charge in [0, 0.05) is 30.6 Å². The molecule has 1 rings (SSSR count). The number of halogens is 1. The van der Waals surface area contributed by atoms with Crippen LogP contribution < -0.4 is 10.6 Å². The maximum Gasteiger partial charge on any atom is 0.126 e. The first-order valence-corrected chi connectivity index (χ1v) is 7.55. The van der Waals surface area contributed by atoms with E-state index in [0.717, 1.165) is 17.0 Å². The van der Waals surface area contributed by atoms with Crippen molar-refractivity contribution in [2.24, 2.45) is 5.73 Å². The van der Waals surface area contributed by atoms with Crippen molar-refractivity contribution >= 4 is 17.4 Å². The van der Waals surface area contributed by atoms with Crippen LogP contribution in [0.25, 0.3) is 0 Å². The van der Waals surface area contributed by atoms with Crippen molar-refractivity contribution < 1.29 is 4.39 Å². The molecular weight excluding hydrogens is 247 g/mol. The van der Waals surface area contributed by atoms with Crippen LogP contribution in [-0.4, -0.2) is 25.1 Å². The van der Waals surface area contributed by atoms with Gasteiger partial charge in [-0.05, 0) is 50.3 Å². The Bertz CT molecular complexity index is 407. The SMILES string of the molecule is CSCC(C)N(C)c1cc(C)c(F)cc1C(C)N. The van der Waals surface area contributed by atoms with Gasteiger partial charge < -0.3 is 10.6 Å². The van der Waals surface area contributed by atoms with E-state index in [4.69, 9.17) is 5.73 Å². The molecule has 4 heteroatoms. The van der Waals surface area contributed by atoms with Gasteiger partial charge in [-0.15, -0.1) is 0 Å². The van der Waals surface area contributed by atoms with Crippen molar-refractivity contribution in [3.05, 3.63) is 29.1 Å². The number of anilines is 1. The van der Waals surface area contributed by atoms with E-state index >= 15 is 0 Å². The number of benzene rings is 1. The highest BCUT2D eigenvalue weighted by Gasteiger charge is 2.17. The minimum absolute atomic E-state index is 0.168. The molecule has 0 spiro atoms. The first kappa shape index (κ1) is 15.3. The summed E-state index contributed by atoms with van der Waals surface area (Å²) >= 11 is 1.81. The third-order valence-electron chi connectivity index (χ3n) is 3.25. The molecule has 0 bridgehead atoms.